The van der Waals surface area contributed by atoms with Crippen LogP contribution >= 0.6 is 11.8 Å². The van der Waals surface area contributed by atoms with E-state index in [1.54, 1.807) is 0 Å². The highest BCUT2D eigenvalue weighted by Crippen LogP contribution is 2.32. The van der Waals surface area contributed by atoms with Crippen LogP contribution in [0.4, 0.5) is 0 Å². The summed E-state index contributed by atoms with van der Waals surface area (Å²) in [6.45, 7) is 6.67. The number of ether oxygens (including phenoxy) is 1. The van der Waals surface area contributed by atoms with Gasteiger partial charge < -0.3 is 4.74 Å². The molecule has 17 heavy (non-hydrogen) atoms. The minimum atomic E-state index is 0.483. The Labute approximate surface area is 109 Å². The van der Waals surface area contributed by atoms with Gasteiger partial charge >= 0.3 is 0 Å². The van der Waals surface area contributed by atoms with Crippen LogP contribution in [-0.4, -0.2) is 18.0 Å². The fourth-order valence-corrected chi connectivity index (χ4v) is 2.84. The van der Waals surface area contributed by atoms with E-state index in [1.165, 1.54) is 22.6 Å². The summed E-state index contributed by atoms with van der Waals surface area (Å²) in [6.07, 6.45) is 3.37. The number of benzene rings is 1. The maximum Gasteiger partial charge on any atom is 0.0844 e. The molecule has 0 saturated carbocycles. The van der Waals surface area contributed by atoms with Crippen LogP contribution in [0.5, 0.6) is 0 Å². The molecule has 1 aliphatic heterocycles. The molecule has 2 rings (SSSR count). The van der Waals surface area contributed by atoms with Gasteiger partial charge in [-0.25, -0.2) is 0 Å². The van der Waals surface area contributed by atoms with Crippen LogP contribution < -0.4 is 0 Å². The first kappa shape index (κ1) is 13.0. The van der Waals surface area contributed by atoms with Gasteiger partial charge in [0.1, 0.15) is 0 Å². The molecule has 1 heterocycles. The largest absolute Gasteiger partial charge is 0.370 e. The molecule has 2 heteroatoms. The summed E-state index contributed by atoms with van der Waals surface area (Å²) >= 11 is 1.94. The van der Waals surface area contributed by atoms with Crippen molar-refractivity contribution >= 4 is 11.8 Å². The van der Waals surface area contributed by atoms with Gasteiger partial charge in [0.05, 0.1) is 12.2 Å². The van der Waals surface area contributed by atoms with Crippen molar-refractivity contribution in [3.8, 4) is 0 Å². The molecular weight excluding hydrogens is 228 g/mol. The molecule has 1 aromatic carbocycles. The van der Waals surface area contributed by atoms with Gasteiger partial charge in [0, 0.05) is 4.90 Å². The Kier molecular flexibility index (Phi) is 4.52. The van der Waals surface area contributed by atoms with Crippen molar-refractivity contribution in [1.29, 1.82) is 0 Å². The lowest BCUT2D eigenvalue weighted by atomic mass is 9.96. The molecule has 1 fully saturated rings. The maximum atomic E-state index is 5.48. The number of hydrogen-bond donors (Lipinski definition) is 0. The molecule has 1 saturated heterocycles. The molecular formula is C15H22OS. The van der Waals surface area contributed by atoms with E-state index in [0.29, 0.717) is 18.1 Å². The third-order valence-electron chi connectivity index (χ3n) is 3.34. The summed E-state index contributed by atoms with van der Waals surface area (Å²) in [4.78, 5) is 1.39. The van der Waals surface area contributed by atoms with Gasteiger partial charge in [-0.2, -0.15) is 0 Å². The molecule has 1 nitrogen and oxygen atoms in total. The van der Waals surface area contributed by atoms with Crippen molar-refractivity contribution in [2.75, 3.05) is 5.75 Å². The molecule has 0 aliphatic carbocycles. The van der Waals surface area contributed by atoms with Gasteiger partial charge in [-0.3, -0.25) is 0 Å². The Morgan fingerprint density at radius 2 is 1.94 bits per heavy atom. The second kappa shape index (κ2) is 5.92. The van der Waals surface area contributed by atoms with Gasteiger partial charge in [-0.05, 0) is 49.1 Å². The van der Waals surface area contributed by atoms with Crippen LogP contribution in [0.25, 0.3) is 0 Å². The van der Waals surface area contributed by atoms with Crippen molar-refractivity contribution in [3.05, 3.63) is 29.8 Å². The Hall–Kier alpha value is -0.470. The molecule has 0 spiro atoms. The molecule has 1 aliphatic rings. The second-order valence-corrected chi connectivity index (χ2v) is 6.10. The lowest BCUT2D eigenvalue weighted by Crippen LogP contribution is -1.99. The van der Waals surface area contributed by atoms with Crippen molar-refractivity contribution in [3.63, 3.8) is 0 Å². The van der Waals surface area contributed by atoms with Gasteiger partial charge in [0.2, 0.25) is 0 Å². The van der Waals surface area contributed by atoms with Crippen LogP contribution in [-0.2, 0) is 4.74 Å². The van der Waals surface area contributed by atoms with Crippen LogP contribution in [0.15, 0.2) is 29.2 Å². The molecule has 0 bridgehead atoms. The van der Waals surface area contributed by atoms with Crippen LogP contribution in [0.2, 0.25) is 0 Å². The van der Waals surface area contributed by atoms with Gasteiger partial charge in [-0.15, -0.1) is 11.8 Å². The first-order chi connectivity index (χ1) is 8.20. The Morgan fingerprint density at radius 3 is 2.47 bits per heavy atom. The SMILES string of the molecule is CCCSc1ccc(C(C)CC2OC2C)cc1. The molecule has 94 valence electrons. The van der Waals surface area contributed by atoms with Crippen LogP contribution in [0, 0.1) is 0 Å². The van der Waals surface area contributed by atoms with E-state index in [4.69, 9.17) is 4.74 Å². The lowest BCUT2D eigenvalue weighted by molar-refractivity contribution is 0.362. The van der Waals surface area contributed by atoms with E-state index >= 15 is 0 Å². The van der Waals surface area contributed by atoms with E-state index in [0.717, 1.165) is 6.42 Å². The number of hydrogen-bond acceptors (Lipinski definition) is 2. The monoisotopic (exact) mass is 250 g/mol. The van der Waals surface area contributed by atoms with E-state index < -0.39 is 0 Å². The second-order valence-electron chi connectivity index (χ2n) is 4.93. The maximum absolute atomic E-state index is 5.48. The highest BCUT2D eigenvalue weighted by Gasteiger charge is 2.35. The molecule has 0 radical (unpaired) electrons. The summed E-state index contributed by atoms with van der Waals surface area (Å²) in [5.41, 5.74) is 1.44. The molecule has 0 N–H and O–H groups in total. The predicted octanol–water partition coefficient (Wildman–Crippen LogP) is 4.47. The van der Waals surface area contributed by atoms with Crippen molar-refractivity contribution in [1.82, 2.24) is 0 Å². The van der Waals surface area contributed by atoms with Gasteiger partial charge in [0.15, 0.2) is 0 Å². The predicted molar refractivity (Wildman–Crippen MR) is 74.8 cm³/mol. The molecule has 0 aromatic heterocycles. The summed E-state index contributed by atoms with van der Waals surface area (Å²) in [5, 5.41) is 0. The Balaban J connectivity index is 1.87. The summed E-state index contributed by atoms with van der Waals surface area (Å²) in [7, 11) is 0. The zero-order valence-electron chi connectivity index (χ0n) is 11.0. The standard InChI is InChI=1S/C15H22OS/c1-4-9-17-14-7-5-13(6-8-14)11(2)10-15-12(3)16-15/h5-8,11-12,15H,4,9-10H2,1-3H3. The minimum absolute atomic E-state index is 0.483. The van der Waals surface area contributed by atoms with Gasteiger partial charge in [0.25, 0.3) is 0 Å². The third kappa shape index (κ3) is 3.75. The topological polar surface area (TPSA) is 12.5 Å². The van der Waals surface area contributed by atoms with Crippen LogP contribution in [0.1, 0.15) is 45.1 Å². The zero-order chi connectivity index (χ0) is 12.3. The molecule has 3 atom stereocenters. The lowest BCUT2D eigenvalue weighted by Gasteiger charge is -2.11. The normalized spacial score (nSPS) is 24.6. The fraction of sp³-hybridized carbons (Fsp3) is 0.600. The number of epoxide rings is 1. The first-order valence-corrected chi connectivity index (χ1v) is 7.57. The quantitative estimate of drug-likeness (QED) is 0.545. The van der Waals surface area contributed by atoms with Crippen LogP contribution in [0.3, 0.4) is 0 Å². The Morgan fingerprint density at radius 1 is 1.29 bits per heavy atom. The summed E-state index contributed by atoms with van der Waals surface area (Å²) in [5.74, 6) is 1.82. The number of thioether (sulfide) groups is 1. The molecule has 1 aromatic rings. The van der Waals surface area contributed by atoms with Crippen molar-refractivity contribution in [2.24, 2.45) is 0 Å². The third-order valence-corrected chi connectivity index (χ3v) is 4.56. The highest BCUT2D eigenvalue weighted by molar-refractivity contribution is 7.99. The molecule has 0 amide bonds. The van der Waals surface area contributed by atoms with Crippen molar-refractivity contribution in [2.45, 2.75) is 56.6 Å². The smallest absolute Gasteiger partial charge is 0.0844 e. The zero-order valence-corrected chi connectivity index (χ0v) is 11.8. The fourth-order valence-electron chi connectivity index (χ4n) is 2.07. The van der Waals surface area contributed by atoms with E-state index in [9.17, 15) is 0 Å². The minimum Gasteiger partial charge on any atom is -0.370 e. The van der Waals surface area contributed by atoms with E-state index in [-0.39, 0.29) is 0 Å². The average molecular weight is 250 g/mol. The Bertz CT molecular complexity index is 346. The summed E-state index contributed by atoms with van der Waals surface area (Å²) < 4.78 is 5.48. The van der Waals surface area contributed by atoms with E-state index in [2.05, 4.69) is 45.0 Å². The number of rotatable bonds is 6. The van der Waals surface area contributed by atoms with Gasteiger partial charge in [-0.1, -0.05) is 26.0 Å². The summed E-state index contributed by atoms with van der Waals surface area (Å²) in [6, 6.07) is 9.05. The highest BCUT2D eigenvalue weighted by atomic mass is 32.2. The van der Waals surface area contributed by atoms with E-state index in [1.807, 2.05) is 11.8 Å². The van der Waals surface area contributed by atoms with Crippen molar-refractivity contribution < 1.29 is 4.74 Å². The first-order valence-electron chi connectivity index (χ1n) is 6.59. The average Bonchev–Trinajstić information content (AvgIpc) is 3.03. The molecule has 3 unspecified atom stereocenters.